The topological polar surface area (TPSA) is 12.0 Å². The van der Waals surface area contributed by atoms with E-state index in [4.69, 9.17) is 0 Å². The molecule has 0 aromatic heterocycles. The molecule has 15 heavy (non-hydrogen) atoms. The molecule has 3 saturated carbocycles. The molecule has 2 unspecified atom stereocenters. The van der Waals surface area contributed by atoms with Crippen molar-refractivity contribution < 1.29 is 0 Å². The van der Waals surface area contributed by atoms with E-state index in [9.17, 15) is 0 Å². The number of hydrogen-bond donors (Lipinski definition) is 1. The van der Waals surface area contributed by atoms with Crippen molar-refractivity contribution in [3.8, 4) is 0 Å². The van der Waals surface area contributed by atoms with Gasteiger partial charge in [0.15, 0.2) is 0 Å². The average Bonchev–Trinajstić information content (AvgIpc) is 3.14. The molecule has 1 N–H and O–H groups in total. The van der Waals surface area contributed by atoms with Crippen molar-refractivity contribution in [1.29, 1.82) is 0 Å². The van der Waals surface area contributed by atoms with Crippen LogP contribution in [0, 0.1) is 11.8 Å². The van der Waals surface area contributed by atoms with Crippen LogP contribution in [0.1, 0.15) is 44.9 Å². The first-order valence-corrected chi connectivity index (χ1v) is 7.96. The lowest BCUT2D eigenvalue weighted by Gasteiger charge is -2.26. The highest BCUT2D eigenvalue weighted by molar-refractivity contribution is 7.99. The molecule has 3 fully saturated rings. The largest absolute Gasteiger partial charge is 0.310 e. The van der Waals surface area contributed by atoms with Gasteiger partial charge in [-0.15, -0.1) is 0 Å². The maximum Gasteiger partial charge on any atom is 0.0198 e. The highest BCUT2D eigenvalue weighted by Crippen LogP contribution is 2.45. The summed E-state index contributed by atoms with van der Waals surface area (Å²) in [5, 5.41) is 4.93. The third-order valence-electron chi connectivity index (χ3n) is 4.42. The molecule has 0 spiro atoms. The van der Waals surface area contributed by atoms with E-state index in [2.05, 4.69) is 23.3 Å². The molecule has 0 aromatic carbocycles. The van der Waals surface area contributed by atoms with Gasteiger partial charge in [0.05, 0.1) is 0 Å². The van der Waals surface area contributed by atoms with Crippen LogP contribution in [0.4, 0.5) is 0 Å². The summed E-state index contributed by atoms with van der Waals surface area (Å²) in [5.41, 5.74) is 0. The second kappa shape index (κ2) is 4.29. The van der Waals surface area contributed by atoms with Crippen molar-refractivity contribution in [2.45, 2.75) is 62.3 Å². The van der Waals surface area contributed by atoms with E-state index < -0.39 is 0 Å². The Kier molecular flexibility index (Phi) is 2.99. The minimum absolute atomic E-state index is 0.839. The van der Waals surface area contributed by atoms with Gasteiger partial charge in [-0.1, -0.05) is 6.42 Å². The zero-order valence-corrected chi connectivity index (χ0v) is 10.6. The van der Waals surface area contributed by atoms with E-state index in [0.29, 0.717) is 0 Å². The highest BCUT2D eigenvalue weighted by Gasteiger charge is 2.43. The summed E-state index contributed by atoms with van der Waals surface area (Å²) in [6.45, 7) is 0. The summed E-state index contributed by atoms with van der Waals surface area (Å²) in [5.74, 6) is 2.11. The second-order valence-corrected chi connectivity index (χ2v) is 6.76. The van der Waals surface area contributed by atoms with Crippen molar-refractivity contribution in [2.24, 2.45) is 11.8 Å². The molecule has 0 radical (unpaired) electrons. The molecule has 2 heteroatoms. The number of rotatable bonds is 5. The Labute approximate surface area is 97.8 Å². The van der Waals surface area contributed by atoms with Crippen LogP contribution in [0.5, 0.6) is 0 Å². The molecule has 3 rings (SSSR count). The zero-order valence-electron chi connectivity index (χ0n) is 9.74. The Morgan fingerprint density at radius 3 is 2.20 bits per heavy atom. The maximum absolute atomic E-state index is 4.02. The van der Waals surface area contributed by atoms with Gasteiger partial charge in [-0.05, 0) is 56.6 Å². The van der Waals surface area contributed by atoms with Gasteiger partial charge in [0.1, 0.15) is 0 Å². The van der Waals surface area contributed by atoms with Crippen LogP contribution < -0.4 is 5.32 Å². The molecule has 1 nitrogen and oxygen atoms in total. The Morgan fingerprint density at radius 2 is 1.67 bits per heavy atom. The summed E-state index contributed by atoms with van der Waals surface area (Å²) in [7, 11) is 0. The van der Waals surface area contributed by atoms with Crippen LogP contribution in [-0.4, -0.2) is 23.6 Å². The Balaban J connectivity index is 1.57. The Hall–Kier alpha value is 0.310. The van der Waals surface area contributed by atoms with E-state index in [1.807, 2.05) is 0 Å². The molecular formula is C13H23NS. The minimum atomic E-state index is 0.839. The number of hydrogen-bond acceptors (Lipinski definition) is 2. The molecule has 3 aliphatic carbocycles. The lowest BCUT2D eigenvalue weighted by atomic mass is 10.1. The maximum atomic E-state index is 4.02. The van der Waals surface area contributed by atoms with Gasteiger partial charge in [-0.3, -0.25) is 0 Å². The van der Waals surface area contributed by atoms with E-state index in [-0.39, 0.29) is 0 Å². The normalized spacial score (nSPS) is 36.4. The molecule has 2 atom stereocenters. The summed E-state index contributed by atoms with van der Waals surface area (Å²) >= 11 is 2.08. The Bertz CT molecular complexity index is 211. The van der Waals surface area contributed by atoms with Crippen LogP contribution in [-0.2, 0) is 0 Å². The quantitative estimate of drug-likeness (QED) is 0.772. The molecule has 0 bridgehead atoms. The van der Waals surface area contributed by atoms with Gasteiger partial charge < -0.3 is 5.32 Å². The molecule has 0 aromatic rings. The lowest BCUT2D eigenvalue weighted by molar-refractivity contribution is 0.366. The summed E-state index contributed by atoms with van der Waals surface area (Å²) in [6, 6.07) is 1.74. The first kappa shape index (κ1) is 10.5. The van der Waals surface area contributed by atoms with Crippen molar-refractivity contribution in [3.05, 3.63) is 0 Å². The summed E-state index contributed by atoms with van der Waals surface area (Å²) in [6.07, 6.45) is 12.6. The minimum Gasteiger partial charge on any atom is -0.310 e. The van der Waals surface area contributed by atoms with Crippen molar-refractivity contribution in [2.75, 3.05) is 6.26 Å². The van der Waals surface area contributed by atoms with Crippen LogP contribution in [0.15, 0.2) is 0 Å². The predicted molar refractivity (Wildman–Crippen MR) is 67.3 cm³/mol. The fourth-order valence-electron chi connectivity index (χ4n) is 3.21. The Morgan fingerprint density at radius 1 is 1.00 bits per heavy atom. The van der Waals surface area contributed by atoms with Crippen molar-refractivity contribution in [3.63, 3.8) is 0 Å². The van der Waals surface area contributed by atoms with Crippen molar-refractivity contribution >= 4 is 11.8 Å². The van der Waals surface area contributed by atoms with E-state index >= 15 is 0 Å². The molecule has 0 aliphatic heterocycles. The van der Waals surface area contributed by atoms with E-state index in [1.165, 1.54) is 44.9 Å². The first-order chi connectivity index (χ1) is 7.38. The molecule has 86 valence electrons. The van der Waals surface area contributed by atoms with Gasteiger partial charge >= 0.3 is 0 Å². The molecule has 0 heterocycles. The fraction of sp³-hybridized carbons (Fsp3) is 1.00. The van der Waals surface area contributed by atoms with Gasteiger partial charge in [0, 0.05) is 17.3 Å². The van der Waals surface area contributed by atoms with Crippen LogP contribution >= 0.6 is 11.8 Å². The fourth-order valence-corrected chi connectivity index (χ4v) is 4.16. The second-order valence-electron chi connectivity index (χ2n) is 5.68. The van der Waals surface area contributed by atoms with Gasteiger partial charge in [0.25, 0.3) is 0 Å². The zero-order chi connectivity index (χ0) is 10.3. The number of thioether (sulfide) groups is 1. The molecule has 3 aliphatic rings. The summed E-state index contributed by atoms with van der Waals surface area (Å²) < 4.78 is 0. The van der Waals surface area contributed by atoms with Crippen LogP contribution in [0.2, 0.25) is 0 Å². The van der Waals surface area contributed by atoms with Crippen LogP contribution in [0.3, 0.4) is 0 Å². The standard InChI is InChI=1S/C13H23NS/c1-15-12-4-2-3-11(12)14-13(9-5-6-9)10-7-8-10/h9-14H,2-8H2,1H3. The third-order valence-corrected chi connectivity index (χ3v) is 5.59. The van der Waals surface area contributed by atoms with Gasteiger partial charge in [-0.2, -0.15) is 11.8 Å². The highest BCUT2D eigenvalue weighted by atomic mass is 32.2. The third kappa shape index (κ3) is 2.36. The van der Waals surface area contributed by atoms with Crippen LogP contribution in [0.25, 0.3) is 0 Å². The smallest absolute Gasteiger partial charge is 0.0198 e. The molecule has 0 amide bonds. The SMILES string of the molecule is CSC1CCCC1NC(C1CC1)C1CC1. The van der Waals surface area contributed by atoms with E-state index in [0.717, 1.165) is 29.2 Å². The van der Waals surface area contributed by atoms with Crippen molar-refractivity contribution in [1.82, 2.24) is 5.32 Å². The van der Waals surface area contributed by atoms with E-state index in [1.54, 1.807) is 0 Å². The molecular weight excluding hydrogens is 202 g/mol. The first-order valence-electron chi connectivity index (χ1n) is 6.67. The van der Waals surface area contributed by atoms with Gasteiger partial charge in [0.2, 0.25) is 0 Å². The summed E-state index contributed by atoms with van der Waals surface area (Å²) in [4.78, 5) is 0. The lowest BCUT2D eigenvalue weighted by Crippen LogP contribution is -2.43. The molecule has 0 saturated heterocycles. The van der Waals surface area contributed by atoms with Gasteiger partial charge in [-0.25, -0.2) is 0 Å². The number of nitrogens with one attached hydrogen (secondary N) is 1. The monoisotopic (exact) mass is 225 g/mol. The average molecular weight is 225 g/mol. The predicted octanol–water partition coefficient (Wildman–Crippen LogP) is 3.05.